The van der Waals surface area contributed by atoms with Crippen LogP contribution in [0.5, 0.6) is 0 Å². The summed E-state index contributed by atoms with van der Waals surface area (Å²) in [6, 6.07) is 0. The first-order valence-electron chi connectivity index (χ1n) is 6.72. The van der Waals surface area contributed by atoms with Crippen LogP contribution in [0.4, 0.5) is 0 Å². The molecule has 1 fully saturated rings. The van der Waals surface area contributed by atoms with Crippen molar-refractivity contribution in [2.75, 3.05) is 26.7 Å². The summed E-state index contributed by atoms with van der Waals surface area (Å²) in [4.78, 5) is 2.47. The minimum absolute atomic E-state index is 0.223. The number of nitrogens with zero attached hydrogens (tertiary/aromatic N) is 2. The highest BCUT2D eigenvalue weighted by Crippen LogP contribution is 2.23. The summed E-state index contributed by atoms with van der Waals surface area (Å²) in [7, 11) is 1.79. The Morgan fingerprint density at radius 3 is 2.56 bits per heavy atom. The van der Waals surface area contributed by atoms with Gasteiger partial charge < -0.3 is 20.6 Å². The van der Waals surface area contributed by atoms with Gasteiger partial charge in [0.2, 0.25) is 0 Å². The largest absolute Gasteiger partial charge is 0.409 e. The highest BCUT2D eigenvalue weighted by molar-refractivity contribution is 5.85. The molecule has 5 heteroatoms. The number of amidine groups is 1. The number of oxime groups is 1. The van der Waals surface area contributed by atoms with Crippen molar-refractivity contribution < 1.29 is 9.94 Å². The molecular formula is C13H27N3O2. The molecule has 1 heterocycles. The first-order chi connectivity index (χ1) is 8.49. The van der Waals surface area contributed by atoms with Crippen molar-refractivity contribution in [3.05, 3.63) is 0 Å². The second-order valence-corrected chi connectivity index (χ2v) is 5.75. The molecule has 0 atom stereocenters. The quantitative estimate of drug-likeness (QED) is 0.328. The zero-order valence-corrected chi connectivity index (χ0v) is 11.9. The number of rotatable bonds is 6. The van der Waals surface area contributed by atoms with Crippen LogP contribution in [-0.2, 0) is 4.74 Å². The van der Waals surface area contributed by atoms with E-state index in [1.807, 2.05) is 13.8 Å². The maximum atomic E-state index is 8.71. The minimum atomic E-state index is -0.223. The number of methoxy groups -OCH3 is 1. The van der Waals surface area contributed by atoms with Gasteiger partial charge in [0, 0.05) is 25.6 Å². The third-order valence-corrected chi connectivity index (χ3v) is 3.95. The van der Waals surface area contributed by atoms with Crippen LogP contribution in [-0.4, -0.2) is 48.8 Å². The molecule has 0 bridgehead atoms. The average molecular weight is 257 g/mol. The van der Waals surface area contributed by atoms with Crippen molar-refractivity contribution >= 4 is 5.84 Å². The van der Waals surface area contributed by atoms with Gasteiger partial charge in [-0.25, -0.2) is 0 Å². The Balaban J connectivity index is 2.23. The SMILES string of the molecule is COC1CCN(CCCC(C)(C)C(N)=NO)CC1. The van der Waals surface area contributed by atoms with Crippen molar-refractivity contribution in [2.24, 2.45) is 16.3 Å². The minimum Gasteiger partial charge on any atom is -0.409 e. The Bertz CT molecular complexity index is 271. The van der Waals surface area contributed by atoms with E-state index in [1.54, 1.807) is 7.11 Å². The van der Waals surface area contributed by atoms with Gasteiger partial charge in [-0.2, -0.15) is 0 Å². The van der Waals surface area contributed by atoms with E-state index in [0.29, 0.717) is 11.9 Å². The van der Waals surface area contributed by atoms with E-state index in [9.17, 15) is 0 Å². The molecule has 0 aliphatic carbocycles. The lowest BCUT2D eigenvalue weighted by atomic mass is 9.86. The smallest absolute Gasteiger partial charge is 0.144 e. The Labute approximate surface area is 110 Å². The molecule has 0 amide bonds. The van der Waals surface area contributed by atoms with Gasteiger partial charge in [-0.05, 0) is 32.2 Å². The maximum absolute atomic E-state index is 8.71. The fraction of sp³-hybridized carbons (Fsp3) is 0.923. The van der Waals surface area contributed by atoms with E-state index >= 15 is 0 Å². The van der Waals surface area contributed by atoms with Gasteiger partial charge in [0.25, 0.3) is 0 Å². The molecular weight excluding hydrogens is 230 g/mol. The summed E-state index contributed by atoms with van der Waals surface area (Å²) in [6.07, 6.45) is 4.70. The first-order valence-corrected chi connectivity index (χ1v) is 6.72. The van der Waals surface area contributed by atoms with Crippen molar-refractivity contribution in [1.82, 2.24) is 4.90 Å². The van der Waals surface area contributed by atoms with Crippen molar-refractivity contribution in [1.29, 1.82) is 0 Å². The number of likely N-dealkylation sites (tertiary alicyclic amines) is 1. The van der Waals surface area contributed by atoms with E-state index in [4.69, 9.17) is 15.7 Å². The summed E-state index contributed by atoms with van der Waals surface area (Å²) >= 11 is 0. The lowest BCUT2D eigenvalue weighted by Crippen LogP contribution is -2.38. The Morgan fingerprint density at radius 1 is 1.44 bits per heavy atom. The van der Waals surface area contributed by atoms with Crippen molar-refractivity contribution in [2.45, 2.75) is 45.6 Å². The van der Waals surface area contributed by atoms with Gasteiger partial charge in [-0.3, -0.25) is 0 Å². The average Bonchev–Trinajstić information content (AvgIpc) is 2.38. The van der Waals surface area contributed by atoms with Gasteiger partial charge in [-0.1, -0.05) is 19.0 Å². The van der Waals surface area contributed by atoms with Gasteiger partial charge in [0.1, 0.15) is 5.84 Å². The topological polar surface area (TPSA) is 71.1 Å². The van der Waals surface area contributed by atoms with E-state index < -0.39 is 0 Å². The van der Waals surface area contributed by atoms with Crippen LogP contribution in [0.2, 0.25) is 0 Å². The lowest BCUT2D eigenvalue weighted by molar-refractivity contribution is 0.0403. The standard InChI is InChI=1S/C13H27N3O2/c1-13(2,12(14)15-17)7-4-8-16-9-5-11(18-3)6-10-16/h11,17H,4-10H2,1-3H3,(H2,14,15). The molecule has 1 rings (SSSR count). The van der Waals surface area contributed by atoms with Gasteiger partial charge in [0.05, 0.1) is 6.10 Å². The molecule has 0 saturated carbocycles. The van der Waals surface area contributed by atoms with Crippen LogP contribution < -0.4 is 5.73 Å². The zero-order chi connectivity index (χ0) is 13.6. The molecule has 0 aromatic carbocycles. The Kier molecular flexibility index (Phi) is 5.88. The molecule has 18 heavy (non-hydrogen) atoms. The number of piperidine rings is 1. The third kappa shape index (κ3) is 4.46. The van der Waals surface area contributed by atoms with Gasteiger partial charge in [-0.15, -0.1) is 0 Å². The summed E-state index contributed by atoms with van der Waals surface area (Å²) < 4.78 is 5.36. The van der Waals surface area contributed by atoms with E-state index in [0.717, 1.165) is 45.3 Å². The summed E-state index contributed by atoms with van der Waals surface area (Å²) in [5.41, 5.74) is 5.45. The maximum Gasteiger partial charge on any atom is 0.144 e. The second kappa shape index (κ2) is 6.95. The highest BCUT2D eigenvalue weighted by atomic mass is 16.5. The van der Waals surface area contributed by atoms with Crippen molar-refractivity contribution in [3.63, 3.8) is 0 Å². The zero-order valence-electron chi connectivity index (χ0n) is 11.9. The molecule has 1 saturated heterocycles. The Hall–Kier alpha value is -0.810. The molecule has 0 radical (unpaired) electrons. The van der Waals surface area contributed by atoms with Crippen LogP contribution in [0.3, 0.4) is 0 Å². The molecule has 0 aromatic heterocycles. The van der Waals surface area contributed by atoms with Gasteiger partial charge in [0.15, 0.2) is 0 Å². The van der Waals surface area contributed by atoms with Crippen LogP contribution in [0, 0.1) is 5.41 Å². The fourth-order valence-electron chi connectivity index (χ4n) is 2.38. The van der Waals surface area contributed by atoms with Crippen LogP contribution in [0.25, 0.3) is 0 Å². The molecule has 3 N–H and O–H groups in total. The van der Waals surface area contributed by atoms with E-state index in [-0.39, 0.29) is 5.41 Å². The third-order valence-electron chi connectivity index (χ3n) is 3.95. The number of hydrogen-bond donors (Lipinski definition) is 2. The fourth-order valence-corrected chi connectivity index (χ4v) is 2.38. The normalized spacial score (nSPS) is 20.3. The van der Waals surface area contributed by atoms with Gasteiger partial charge >= 0.3 is 0 Å². The molecule has 106 valence electrons. The molecule has 1 aliphatic rings. The summed E-state index contributed by atoms with van der Waals surface area (Å²) in [5.74, 6) is 0.320. The van der Waals surface area contributed by atoms with E-state index in [2.05, 4.69) is 10.1 Å². The second-order valence-electron chi connectivity index (χ2n) is 5.75. The number of hydrogen-bond acceptors (Lipinski definition) is 4. The van der Waals surface area contributed by atoms with E-state index in [1.165, 1.54) is 0 Å². The monoisotopic (exact) mass is 257 g/mol. The molecule has 0 aromatic rings. The van der Waals surface area contributed by atoms with Crippen LogP contribution in [0.1, 0.15) is 39.5 Å². The lowest BCUT2D eigenvalue weighted by Gasteiger charge is -2.32. The predicted octanol–water partition coefficient (Wildman–Crippen LogP) is 1.65. The Morgan fingerprint density at radius 2 is 2.06 bits per heavy atom. The molecule has 5 nitrogen and oxygen atoms in total. The first kappa shape index (κ1) is 15.2. The van der Waals surface area contributed by atoms with Crippen molar-refractivity contribution in [3.8, 4) is 0 Å². The summed E-state index contributed by atoms with van der Waals surface area (Å²) in [6.45, 7) is 7.34. The predicted molar refractivity (Wildman–Crippen MR) is 72.9 cm³/mol. The van der Waals surface area contributed by atoms with Crippen LogP contribution in [0.15, 0.2) is 5.16 Å². The summed E-state index contributed by atoms with van der Waals surface area (Å²) in [5, 5.41) is 11.8. The van der Waals surface area contributed by atoms with Crippen LogP contribution >= 0.6 is 0 Å². The molecule has 1 aliphatic heterocycles. The number of nitrogens with two attached hydrogens (primary N) is 1. The highest BCUT2D eigenvalue weighted by Gasteiger charge is 2.24. The molecule has 0 spiro atoms. The molecule has 0 unspecified atom stereocenters. The number of ether oxygens (including phenoxy) is 1.